The van der Waals surface area contributed by atoms with E-state index in [-0.39, 0.29) is 18.5 Å². The van der Waals surface area contributed by atoms with E-state index in [0.717, 1.165) is 44.9 Å². The first-order valence-electron chi connectivity index (χ1n) is 41.1. The summed E-state index contributed by atoms with van der Waals surface area (Å²) in [6, 6.07) is -0.540. The maximum absolute atomic E-state index is 12.6. The molecular formula is C83H161NO5. The fourth-order valence-electron chi connectivity index (χ4n) is 13.2. The van der Waals surface area contributed by atoms with Crippen LogP contribution in [-0.2, 0) is 14.3 Å². The maximum atomic E-state index is 12.6. The topological polar surface area (TPSA) is 95.9 Å². The van der Waals surface area contributed by atoms with E-state index in [1.165, 1.54) is 392 Å². The van der Waals surface area contributed by atoms with Gasteiger partial charge in [-0.05, 0) is 77.0 Å². The van der Waals surface area contributed by atoms with Crippen molar-refractivity contribution in [2.45, 2.75) is 482 Å². The molecule has 0 aromatic heterocycles. The molecule has 3 N–H and O–H groups in total. The second-order valence-corrected chi connectivity index (χ2v) is 28.5. The molecule has 0 saturated heterocycles. The number of aliphatic hydroxyl groups is 2. The van der Waals surface area contributed by atoms with E-state index in [1.54, 1.807) is 0 Å². The standard InChI is InChI=1S/C83H161NO5/c1-3-5-7-9-11-13-15-17-19-21-23-37-40-43-47-51-55-59-63-67-71-75-81(86)80(79-85)84-82(87)76-72-68-64-60-56-52-48-44-41-38-35-33-31-29-27-25-24-26-28-30-32-34-36-39-42-46-50-54-58-62-66-70-74-78-89-83(88)77-73-69-65-61-57-53-49-45-22-20-18-16-14-12-10-8-6-4-2/h20,22,28,30,80-81,85-86H,3-19,21,23-27,29,31-79H2,1-2H3,(H,84,87)/b22-20-,30-28-. The van der Waals surface area contributed by atoms with Crippen molar-refractivity contribution < 1.29 is 24.5 Å². The quantitative estimate of drug-likeness (QED) is 0.0320. The second kappa shape index (κ2) is 78.8. The van der Waals surface area contributed by atoms with Gasteiger partial charge in [-0.3, -0.25) is 9.59 Å². The van der Waals surface area contributed by atoms with E-state index >= 15 is 0 Å². The van der Waals surface area contributed by atoms with Crippen LogP contribution in [0.5, 0.6) is 0 Å². The Bertz CT molecular complexity index is 1400. The van der Waals surface area contributed by atoms with Crippen LogP contribution in [0.25, 0.3) is 0 Å². The van der Waals surface area contributed by atoms with Crippen LogP contribution >= 0.6 is 0 Å². The lowest BCUT2D eigenvalue weighted by Gasteiger charge is -2.22. The van der Waals surface area contributed by atoms with Gasteiger partial charge in [0.25, 0.3) is 0 Å². The molecule has 0 aromatic rings. The predicted octanol–water partition coefficient (Wildman–Crippen LogP) is 27.2. The fourth-order valence-corrected chi connectivity index (χ4v) is 13.2. The number of hydrogen-bond donors (Lipinski definition) is 3. The average Bonchev–Trinajstić information content (AvgIpc) is 3.55. The molecule has 0 saturated carbocycles. The van der Waals surface area contributed by atoms with Crippen molar-refractivity contribution in [3.63, 3.8) is 0 Å². The summed E-state index contributed by atoms with van der Waals surface area (Å²) >= 11 is 0. The maximum Gasteiger partial charge on any atom is 0.305 e. The third-order valence-electron chi connectivity index (χ3n) is 19.5. The van der Waals surface area contributed by atoms with E-state index in [9.17, 15) is 19.8 Å². The molecule has 528 valence electrons. The number of nitrogens with one attached hydrogen (secondary N) is 1. The van der Waals surface area contributed by atoms with Gasteiger partial charge < -0.3 is 20.3 Å². The highest BCUT2D eigenvalue weighted by atomic mass is 16.5. The zero-order valence-electron chi connectivity index (χ0n) is 60.7. The lowest BCUT2D eigenvalue weighted by atomic mass is 10.0. The van der Waals surface area contributed by atoms with Gasteiger partial charge in [-0.15, -0.1) is 0 Å². The van der Waals surface area contributed by atoms with Crippen LogP contribution in [0.4, 0.5) is 0 Å². The molecule has 2 atom stereocenters. The molecule has 2 unspecified atom stereocenters. The van der Waals surface area contributed by atoms with Crippen molar-refractivity contribution in [2.24, 2.45) is 0 Å². The monoisotopic (exact) mass is 1250 g/mol. The minimum atomic E-state index is -0.663. The fraction of sp³-hybridized carbons (Fsp3) is 0.928. The molecule has 6 heteroatoms. The summed E-state index contributed by atoms with van der Waals surface area (Å²) in [6.07, 6.45) is 101. The van der Waals surface area contributed by atoms with Gasteiger partial charge in [0, 0.05) is 12.8 Å². The first kappa shape index (κ1) is 87.3. The molecule has 0 aliphatic heterocycles. The van der Waals surface area contributed by atoms with E-state index in [0.29, 0.717) is 25.9 Å². The van der Waals surface area contributed by atoms with Crippen molar-refractivity contribution in [3.8, 4) is 0 Å². The second-order valence-electron chi connectivity index (χ2n) is 28.5. The molecule has 0 aliphatic carbocycles. The molecule has 0 aliphatic rings. The number of aliphatic hydroxyl groups excluding tert-OH is 2. The van der Waals surface area contributed by atoms with E-state index in [4.69, 9.17) is 4.74 Å². The molecule has 1 amide bonds. The number of esters is 1. The normalized spacial score (nSPS) is 12.5. The molecule has 0 heterocycles. The molecule has 0 spiro atoms. The number of ether oxygens (including phenoxy) is 1. The van der Waals surface area contributed by atoms with E-state index in [1.807, 2.05) is 0 Å². The molecule has 89 heavy (non-hydrogen) atoms. The van der Waals surface area contributed by atoms with Gasteiger partial charge >= 0.3 is 5.97 Å². The molecule has 0 rings (SSSR count). The molecule has 0 radical (unpaired) electrons. The lowest BCUT2D eigenvalue weighted by Crippen LogP contribution is -2.45. The van der Waals surface area contributed by atoms with Gasteiger partial charge in [0.2, 0.25) is 5.91 Å². The summed E-state index contributed by atoms with van der Waals surface area (Å²) in [5, 5.41) is 23.5. The van der Waals surface area contributed by atoms with Gasteiger partial charge in [-0.1, -0.05) is 404 Å². The molecule has 6 nitrogen and oxygen atoms in total. The molecule has 0 fully saturated rings. The van der Waals surface area contributed by atoms with Crippen molar-refractivity contribution in [3.05, 3.63) is 24.3 Å². The predicted molar refractivity (Wildman–Crippen MR) is 393 cm³/mol. The Morgan fingerprint density at radius 2 is 0.528 bits per heavy atom. The third-order valence-corrected chi connectivity index (χ3v) is 19.5. The Labute approximate surface area is 558 Å². The van der Waals surface area contributed by atoms with Gasteiger partial charge in [0.05, 0.1) is 25.4 Å². The highest BCUT2D eigenvalue weighted by Gasteiger charge is 2.20. The lowest BCUT2D eigenvalue weighted by molar-refractivity contribution is -0.143. The van der Waals surface area contributed by atoms with Crippen LogP contribution in [0.15, 0.2) is 24.3 Å². The van der Waals surface area contributed by atoms with Gasteiger partial charge in [-0.25, -0.2) is 0 Å². The smallest absolute Gasteiger partial charge is 0.305 e. The molecular weight excluding hydrogens is 1090 g/mol. The van der Waals surface area contributed by atoms with Crippen molar-refractivity contribution >= 4 is 11.9 Å². The number of allylic oxidation sites excluding steroid dienone is 4. The summed E-state index contributed by atoms with van der Waals surface area (Å²) in [5.41, 5.74) is 0. The number of hydrogen-bond acceptors (Lipinski definition) is 5. The average molecular weight is 1250 g/mol. The SMILES string of the molecule is CCCCCCCCC/C=C\CCCCCCCCCC(=O)OCCCCCCCCCCCCCC/C=C\CCCCCCCCCCCCCCCCCCCC(=O)NC(CO)C(O)CCCCCCCCCCCCCCCCCCCCCCC. The number of carbonyl (C=O) groups excluding carboxylic acids is 2. The van der Waals surface area contributed by atoms with Crippen molar-refractivity contribution in [2.75, 3.05) is 13.2 Å². The van der Waals surface area contributed by atoms with Crippen LogP contribution in [0, 0.1) is 0 Å². The van der Waals surface area contributed by atoms with E-state index < -0.39 is 12.1 Å². The Balaban J connectivity index is 3.34. The number of unbranched alkanes of at least 4 members (excludes halogenated alkanes) is 63. The third kappa shape index (κ3) is 75.3. The molecule has 0 aromatic carbocycles. The van der Waals surface area contributed by atoms with E-state index in [2.05, 4.69) is 43.5 Å². The summed E-state index contributed by atoms with van der Waals surface area (Å²) in [4.78, 5) is 24.7. The summed E-state index contributed by atoms with van der Waals surface area (Å²) in [6.45, 7) is 5.01. The number of amides is 1. The largest absolute Gasteiger partial charge is 0.466 e. The van der Waals surface area contributed by atoms with Crippen LogP contribution in [0.1, 0.15) is 470 Å². The zero-order chi connectivity index (χ0) is 64.2. The Morgan fingerprint density at radius 3 is 0.798 bits per heavy atom. The number of rotatable bonds is 78. The minimum absolute atomic E-state index is 0.0170. The van der Waals surface area contributed by atoms with Crippen LogP contribution in [0.3, 0.4) is 0 Å². The Hall–Kier alpha value is -1.66. The highest BCUT2D eigenvalue weighted by Crippen LogP contribution is 2.20. The van der Waals surface area contributed by atoms with Gasteiger partial charge in [0.15, 0.2) is 0 Å². The first-order chi connectivity index (χ1) is 44.0. The van der Waals surface area contributed by atoms with Crippen LogP contribution in [0.2, 0.25) is 0 Å². The Morgan fingerprint density at radius 1 is 0.303 bits per heavy atom. The van der Waals surface area contributed by atoms with Crippen LogP contribution in [-0.4, -0.2) is 47.4 Å². The van der Waals surface area contributed by atoms with Crippen molar-refractivity contribution in [1.29, 1.82) is 0 Å². The minimum Gasteiger partial charge on any atom is -0.466 e. The first-order valence-corrected chi connectivity index (χ1v) is 41.1. The van der Waals surface area contributed by atoms with Gasteiger partial charge in [0.1, 0.15) is 0 Å². The van der Waals surface area contributed by atoms with Crippen molar-refractivity contribution in [1.82, 2.24) is 5.32 Å². The molecule has 0 bridgehead atoms. The summed E-state index contributed by atoms with van der Waals surface area (Å²) in [5.74, 6) is -0.00947. The van der Waals surface area contributed by atoms with Crippen LogP contribution < -0.4 is 5.32 Å². The number of carbonyl (C=O) groups is 2. The Kier molecular flexibility index (Phi) is 77.3. The zero-order valence-corrected chi connectivity index (χ0v) is 60.7. The van der Waals surface area contributed by atoms with Gasteiger partial charge in [-0.2, -0.15) is 0 Å². The summed E-state index contributed by atoms with van der Waals surface area (Å²) in [7, 11) is 0. The highest BCUT2D eigenvalue weighted by molar-refractivity contribution is 5.76. The summed E-state index contributed by atoms with van der Waals surface area (Å²) < 4.78 is 5.51.